The first-order valence-electron chi connectivity index (χ1n) is 6.24. The fourth-order valence-corrected chi connectivity index (χ4v) is 1.98. The molecule has 0 saturated heterocycles. The number of H-pyrrole nitrogens is 1. The molecule has 1 aromatic carbocycles. The SMILES string of the molecule is Cc1cc(-c2cnc(C(C#N)C(C)C)[nH]2)ccc1F. The Labute approximate surface area is 112 Å². The average molecular weight is 257 g/mol. The maximum atomic E-state index is 13.2. The average Bonchev–Trinajstić information content (AvgIpc) is 2.82. The van der Waals surface area contributed by atoms with Crippen LogP contribution in [0.1, 0.15) is 31.2 Å². The van der Waals surface area contributed by atoms with Crippen molar-refractivity contribution in [3.63, 3.8) is 0 Å². The summed E-state index contributed by atoms with van der Waals surface area (Å²) >= 11 is 0. The predicted octanol–water partition coefficient (Wildman–Crippen LogP) is 3.79. The third-order valence-electron chi connectivity index (χ3n) is 3.16. The van der Waals surface area contributed by atoms with Crippen molar-refractivity contribution >= 4 is 0 Å². The van der Waals surface area contributed by atoms with Crippen LogP contribution in [0.5, 0.6) is 0 Å². The summed E-state index contributed by atoms with van der Waals surface area (Å²) in [5.41, 5.74) is 2.27. The van der Waals surface area contributed by atoms with Crippen molar-refractivity contribution < 1.29 is 4.39 Å². The van der Waals surface area contributed by atoms with Crippen molar-refractivity contribution in [1.29, 1.82) is 5.26 Å². The summed E-state index contributed by atoms with van der Waals surface area (Å²) in [4.78, 5) is 7.42. The summed E-state index contributed by atoms with van der Waals surface area (Å²) in [7, 11) is 0. The van der Waals surface area contributed by atoms with E-state index in [4.69, 9.17) is 5.26 Å². The highest BCUT2D eigenvalue weighted by Crippen LogP contribution is 2.25. The molecule has 0 fully saturated rings. The highest BCUT2D eigenvalue weighted by molar-refractivity contribution is 5.59. The van der Waals surface area contributed by atoms with Crippen molar-refractivity contribution in [3.05, 3.63) is 41.6 Å². The second-order valence-corrected chi connectivity index (χ2v) is 5.00. The molecule has 0 aliphatic rings. The molecule has 98 valence electrons. The Bertz CT molecular complexity index is 623. The molecule has 0 amide bonds. The number of nitriles is 1. The van der Waals surface area contributed by atoms with Crippen LogP contribution in [0.3, 0.4) is 0 Å². The van der Waals surface area contributed by atoms with Crippen LogP contribution in [0.4, 0.5) is 4.39 Å². The van der Waals surface area contributed by atoms with Gasteiger partial charge in [0, 0.05) is 5.56 Å². The third kappa shape index (κ3) is 2.65. The molecule has 1 aromatic heterocycles. The maximum absolute atomic E-state index is 13.2. The van der Waals surface area contributed by atoms with E-state index in [1.807, 2.05) is 13.8 Å². The van der Waals surface area contributed by atoms with Gasteiger partial charge in [0.2, 0.25) is 0 Å². The van der Waals surface area contributed by atoms with Crippen LogP contribution in [0.15, 0.2) is 24.4 Å². The molecule has 2 rings (SSSR count). The molecule has 0 aliphatic heterocycles. The quantitative estimate of drug-likeness (QED) is 0.909. The van der Waals surface area contributed by atoms with E-state index in [-0.39, 0.29) is 17.7 Å². The minimum atomic E-state index is -0.254. The zero-order valence-electron chi connectivity index (χ0n) is 11.2. The zero-order chi connectivity index (χ0) is 14.0. The molecule has 2 aromatic rings. The minimum absolute atomic E-state index is 0.193. The van der Waals surface area contributed by atoms with Crippen LogP contribution in [0.25, 0.3) is 11.3 Å². The van der Waals surface area contributed by atoms with Crippen molar-refractivity contribution in [2.45, 2.75) is 26.7 Å². The summed E-state index contributed by atoms with van der Waals surface area (Å²) in [6.45, 7) is 5.69. The van der Waals surface area contributed by atoms with Gasteiger partial charge in [-0.05, 0) is 36.6 Å². The second kappa shape index (κ2) is 5.23. The Morgan fingerprint density at radius 1 is 1.37 bits per heavy atom. The molecule has 1 heterocycles. The number of hydrogen-bond acceptors (Lipinski definition) is 2. The van der Waals surface area contributed by atoms with E-state index in [9.17, 15) is 4.39 Å². The highest BCUT2D eigenvalue weighted by Gasteiger charge is 2.18. The fraction of sp³-hybridized carbons (Fsp3) is 0.333. The summed E-state index contributed by atoms with van der Waals surface area (Å²) in [5.74, 6) is 0.379. The normalized spacial score (nSPS) is 12.4. The molecule has 19 heavy (non-hydrogen) atoms. The minimum Gasteiger partial charge on any atom is -0.341 e. The number of hydrogen-bond donors (Lipinski definition) is 1. The summed E-state index contributed by atoms with van der Waals surface area (Å²) in [6, 6.07) is 7.16. The molecule has 1 unspecified atom stereocenters. The van der Waals surface area contributed by atoms with Crippen LogP contribution in [0, 0.1) is 30.0 Å². The van der Waals surface area contributed by atoms with Gasteiger partial charge in [-0.3, -0.25) is 0 Å². The Hall–Kier alpha value is -2.15. The number of aromatic amines is 1. The topological polar surface area (TPSA) is 52.5 Å². The van der Waals surface area contributed by atoms with Gasteiger partial charge in [0.05, 0.1) is 18.0 Å². The number of aromatic nitrogens is 2. The lowest BCUT2D eigenvalue weighted by Gasteiger charge is -2.09. The van der Waals surface area contributed by atoms with Gasteiger partial charge in [0.15, 0.2) is 0 Å². The molecule has 4 heteroatoms. The fourth-order valence-electron chi connectivity index (χ4n) is 1.98. The lowest BCUT2D eigenvalue weighted by Crippen LogP contribution is -2.05. The second-order valence-electron chi connectivity index (χ2n) is 5.00. The van der Waals surface area contributed by atoms with Gasteiger partial charge < -0.3 is 4.98 Å². The van der Waals surface area contributed by atoms with E-state index in [0.717, 1.165) is 11.3 Å². The number of rotatable bonds is 3. The standard InChI is InChI=1S/C15H16FN3/c1-9(2)12(7-17)15-18-8-14(19-15)11-4-5-13(16)10(3)6-11/h4-6,8-9,12H,1-3H3,(H,18,19). The van der Waals surface area contributed by atoms with Crippen LogP contribution in [-0.2, 0) is 0 Å². The van der Waals surface area contributed by atoms with E-state index in [0.29, 0.717) is 11.4 Å². The van der Waals surface area contributed by atoms with Crippen molar-refractivity contribution in [3.8, 4) is 17.3 Å². The van der Waals surface area contributed by atoms with Gasteiger partial charge in [-0.2, -0.15) is 5.26 Å². The summed E-state index contributed by atoms with van der Waals surface area (Å²) < 4.78 is 13.2. The Kier molecular flexibility index (Phi) is 3.66. The monoisotopic (exact) mass is 257 g/mol. The number of benzene rings is 1. The molecule has 0 saturated carbocycles. The molecule has 0 bridgehead atoms. The highest BCUT2D eigenvalue weighted by atomic mass is 19.1. The lowest BCUT2D eigenvalue weighted by molar-refractivity contribution is 0.566. The summed E-state index contributed by atoms with van der Waals surface area (Å²) in [5, 5.41) is 9.15. The van der Waals surface area contributed by atoms with Crippen LogP contribution in [-0.4, -0.2) is 9.97 Å². The van der Waals surface area contributed by atoms with Crippen molar-refractivity contribution in [1.82, 2.24) is 9.97 Å². The lowest BCUT2D eigenvalue weighted by atomic mass is 9.97. The first-order chi connectivity index (χ1) is 9.02. The Balaban J connectivity index is 2.35. The van der Waals surface area contributed by atoms with E-state index >= 15 is 0 Å². The van der Waals surface area contributed by atoms with E-state index < -0.39 is 0 Å². The number of halogens is 1. The Morgan fingerprint density at radius 2 is 2.11 bits per heavy atom. The molecule has 1 N–H and O–H groups in total. The number of imidazole rings is 1. The maximum Gasteiger partial charge on any atom is 0.126 e. The van der Waals surface area contributed by atoms with E-state index in [2.05, 4.69) is 16.0 Å². The zero-order valence-corrected chi connectivity index (χ0v) is 11.2. The smallest absolute Gasteiger partial charge is 0.126 e. The van der Waals surface area contributed by atoms with Gasteiger partial charge in [0.1, 0.15) is 17.6 Å². The van der Waals surface area contributed by atoms with Gasteiger partial charge >= 0.3 is 0 Å². The largest absolute Gasteiger partial charge is 0.341 e. The van der Waals surface area contributed by atoms with Crippen LogP contribution in [0.2, 0.25) is 0 Å². The van der Waals surface area contributed by atoms with E-state index in [1.165, 1.54) is 6.07 Å². The molecular weight excluding hydrogens is 241 g/mol. The molecule has 1 atom stereocenters. The predicted molar refractivity (Wildman–Crippen MR) is 71.9 cm³/mol. The number of nitrogens with one attached hydrogen (secondary N) is 1. The first-order valence-corrected chi connectivity index (χ1v) is 6.24. The van der Waals surface area contributed by atoms with Crippen molar-refractivity contribution in [2.24, 2.45) is 5.92 Å². The molecule has 0 radical (unpaired) electrons. The summed E-state index contributed by atoms with van der Waals surface area (Å²) in [6.07, 6.45) is 1.69. The first kappa shape index (κ1) is 13.3. The molecule has 0 aliphatic carbocycles. The van der Waals surface area contributed by atoms with Gasteiger partial charge in [-0.1, -0.05) is 13.8 Å². The van der Waals surface area contributed by atoms with Crippen LogP contribution < -0.4 is 0 Å². The van der Waals surface area contributed by atoms with Crippen LogP contribution >= 0.6 is 0 Å². The van der Waals surface area contributed by atoms with Gasteiger partial charge in [-0.25, -0.2) is 9.37 Å². The molecular formula is C15H16FN3. The number of nitrogens with zero attached hydrogens (tertiary/aromatic N) is 2. The van der Waals surface area contributed by atoms with Gasteiger partial charge in [0.25, 0.3) is 0 Å². The van der Waals surface area contributed by atoms with Crippen molar-refractivity contribution in [2.75, 3.05) is 0 Å². The Morgan fingerprint density at radius 3 is 2.68 bits per heavy atom. The number of aryl methyl sites for hydroxylation is 1. The van der Waals surface area contributed by atoms with Gasteiger partial charge in [-0.15, -0.1) is 0 Å². The molecule has 3 nitrogen and oxygen atoms in total. The molecule has 0 spiro atoms. The third-order valence-corrected chi connectivity index (χ3v) is 3.16. The van der Waals surface area contributed by atoms with E-state index in [1.54, 1.807) is 25.3 Å².